The fourth-order valence-electron chi connectivity index (χ4n) is 5.44. The van der Waals surface area contributed by atoms with Crippen LogP contribution in [0.25, 0.3) is 22.4 Å². The molecule has 0 unspecified atom stereocenters. The lowest BCUT2D eigenvalue weighted by atomic mass is 10.0. The number of ether oxygens (including phenoxy) is 1. The van der Waals surface area contributed by atoms with E-state index in [9.17, 15) is 9.59 Å². The summed E-state index contributed by atoms with van der Waals surface area (Å²) in [5.41, 5.74) is 2.31. The summed E-state index contributed by atoms with van der Waals surface area (Å²) in [6.07, 6.45) is 3.82. The van der Waals surface area contributed by atoms with Gasteiger partial charge in [-0.3, -0.25) is 4.79 Å². The molecule has 2 amide bonds. The molecule has 3 aromatic rings. The number of carbonyl (C=O) groups excluding carboxylic acids is 2. The van der Waals surface area contributed by atoms with E-state index in [2.05, 4.69) is 36.0 Å². The zero-order valence-electron chi connectivity index (χ0n) is 19.4. The molecule has 1 atom stereocenters. The van der Waals surface area contributed by atoms with Crippen LogP contribution in [0.1, 0.15) is 42.3 Å². The van der Waals surface area contributed by atoms with Gasteiger partial charge in [-0.1, -0.05) is 34.1 Å². The number of likely N-dealkylation sites (tertiary alicyclic amines) is 1. The quantitative estimate of drug-likeness (QED) is 0.452. The topological polar surface area (TPSA) is 87.3 Å². The smallest absolute Gasteiger partial charge is 0.407 e. The van der Waals surface area contributed by atoms with Gasteiger partial charge in [0.05, 0.1) is 25.0 Å². The van der Waals surface area contributed by atoms with E-state index in [1.54, 1.807) is 29.3 Å². The molecule has 2 aliphatic carbocycles. The number of hydrogen-bond acceptors (Lipinski definition) is 4. The van der Waals surface area contributed by atoms with Crippen LogP contribution >= 0.6 is 15.9 Å². The molecule has 2 heterocycles. The number of aromatic amines is 1. The number of fused-ring (bicyclic) bond motifs is 3. The molecule has 1 saturated heterocycles. The number of methoxy groups -OCH3 is 1. The van der Waals surface area contributed by atoms with Gasteiger partial charge in [0.2, 0.25) is 5.91 Å². The highest BCUT2D eigenvalue weighted by molar-refractivity contribution is 9.10. The second kappa shape index (κ2) is 8.12. The maximum absolute atomic E-state index is 15.3. The van der Waals surface area contributed by atoms with Crippen molar-refractivity contribution in [2.75, 3.05) is 20.2 Å². The fraction of sp³-hybridized carbons (Fsp3) is 0.346. The third kappa shape index (κ3) is 3.70. The number of nitrogens with one attached hydrogen (secondary N) is 2. The van der Waals surface area contributed by atoms with Crippen LogP contribution in [-0.2, 0) is 15.5 Å². The molecule has 2 aromatic carbocycles. The minimum atomic E-state index is -3.10. The molecule has 2 fully saturated rings. The number of alkyl halides is 2. The van der Waals surface area contributed by atoms with Crippen molar-refractivity contribution in [1.29, 1.82) is 0 Å². The van der Waals surface area contributed by atoms with Gasteiger partial charge >= 0.3 is 6.09 Å². The zero-order valence-corrected chi connectivity index (χ0v) is 21.0. The van der Waals surface area contributed by atoms with Crippen molar-refractivity contribution in [3.8, 4) is 22.4 Å². The Morgan fingerprint density at radius 1 is 1.19 bits per heavy atom. The van der Waals surface area contributed by atoms with Crippen LogP contribution in [0.3, 0.4) is 0 Å². The summed E-state index contributed by atoms with van der Waals surface area (Å²) in [6, 6.07) is 9.72. The molecule has 7 nitrogen and oxygen atoms in total. The molecule has 1 spiro atoms. The van der Waals surface area contributed by atoms with Crippen molar-refractivity contribution < 1.29 is 23.1 Å². The Balaban J connectivity index is 1.28. The van der Waals surface area contributed by atoms with Gasteiger partial charge in [-0.25, -0.2) is 9.78 Å². The minimum absolute atomic E-state index is 0.00951. The average molecular weight is 557 g/mol. The third-order valence-corrected chi connectivity index (χ3v) is 8.04. The summed E-state index contributed by atoms with van der Waals surface area (Å²) >= 11 is 3.29. The van der Waals surface area contributed by atoms with Crippen molar-refractivity contribution in [2.45, 2.75) is 31.2 Å². The monoisotopic (exact) mass is 556 g/mol. The number of carbonyl (C=O) groups is 2. The highest BCUT2D eigenvalue weighted by atomic mass is 79.9. The Kier molecular flexibility index (Phi) is 5.22. The van der Waals surface area contributed by atoms with E-state index in [1.165, 1.54) is 19.2 Å². The van der Waals surface area contributed by atoms with Gasteiger partial charge < -0.3 is 19.9 Å². The highest BCUT2D eigenvalue weighted by Crippen LogP contribution is 2.58. The number of imidazole rings is 1. The summed E-state index contributed by atoms with van der Waals surface area (Å²) in [7, 11) is 1.24. The molecule has 186 valence electrons. The predicted octanol–water partition coefficient (Wildman–Crippen LogP) is 5.37. The molecule has 10 heteroatoms. The summed E-state index contributed by atoms with van der Waals surface area (Å²) < 4.78 is 35.8. The van der Waals surface area contributed by atoms with E-state index in [1.807, 2.05) is 6.07 Å². The van der Waals surface area contributed by atoms with Crippen molar-refractivity contribution in [1.82, 2.24) is 20.2 Å². The second-order valence-electron chi connectivity index (χ2n) is 9.79. The summed E-state index contributed by atoms with van der Waals surface area (Å²) in [4.78, 5) is 33.9. The van der Waals surface area contributed by atoms with Crippen LogP contribution < -0.4 is 5.32 Å². The first kappa shape index (κ1) is 23.1. The molecule has 6 rings (SSSR count). The second-order valence-corrected chi connectivity index (χ2v) is 10.7. The molecule has 0 bridgehead atoms. The van der Waals surface area contributed by atoms with Crippen LogP contribution in [0.2, 0.25) is 0 Å². The summed E-state index contributed by atoms with van der Waals surface area (Å²) in [5.74, 6) is -2.71. The summed E-state index contributed by atoms with van der Waals surface area (Å²) in [5, 5.41) is 2.45. The molecular formula is C26H23BrF2N4O3. The number of aromatic nitrogens is 2. The van der Waals surface area contributed by atoms with E-state index < -0.39 is 12.0 Å². The van der Waals surface area contributed by atoms with Gasteiger partial charge in [0.25, 0.3) is 5.92 Å². The number of halogens is 3. The van der Waals surface area contributed by atoms with E-state index in [0.717, 1.165) is 19.3 Å². The Morgan fingerprint density at radius 3 is 2.64 bits per heavy atom. The first-order valence-corrected chi connectivity index (χ1v) is 12.5. The number of alkyl carbamates (subject to hydrolysis) is 1. The number of benzene rings is 2. The Labute approximate surface area is 214 Å². The van der Waals surface area contributed by atoms with Crippen LogP contribution in [-0.4, -0.2) is 47.1 Å². The number of nitrogens with zero attached hydrogens (tertiary/aromatic N) is 2. The molecule has 36 heavy (non-hydrogen) atoms. The van der Waals surface area contributed by atoms with Gasteiger partial charge in [0.1, 0.15) is 12.4 Å². The molecule has 1 aromatic heterocycles. The average Bonchev–Trinajstić information content (AvgIpc) is 3.19. The van der Waals surface area contributed by atoms with Gasteiger partial charge in [-0.2, -0.15) is 8.78 Å². The van der Waals surface area contributed by atoms with E-state index in [0.29, 0.717) is 39.2 Å². The highest BCUT2D eigenvalue weighted by Gasteiger charge is 2.54. The normalized spacial score (nSPS) is 20.2. The predicted molar refractivity (Wildman–Crippen MR) is 131 cm³/mol. The van der Waals surface area contributed by atoms with Crippen molar-refractivity contribution in [3.63, 3.8) is 0 Å². The minimum Gasteiger partial charge on any atom is -0.453 e. The van der Waals surface area contributed by atoms with E-state index in [-0.39, 0.29) is 35.0 Å². The van der Waals surface area contributed by atoms with Crippen LogP contribution in [0.15, 0.2) is 47.1 Å². The lowest BCUT2D eigenvalue weighted by molar-refractivity contribution is -0.131. The Bertz CT molecular complexity index is 1400. The van der Waals surface area contributed by atoms with Crippen LogP contribution in [0.5, 0.6) is 0 Å². The lowest BCUT2D eigenvalue weighted by Crippen LogP contribution is -2.40. The van der Waals surface area contributed by atoms with Crippen molar-refractivity contribution in [2.24, 2.45) is 5.41 Å². The molecular weight excluding hydrogens is 534 g/mol. The number of H-pyrrole nitrogens is 1. The maximum atomic E-state index is 15.3. The van der Waals surface area contributed by atoms with Gasteiger partial charge in [0.15, 0.2) is 0 Å². The largest absolute Gasteiger partial charge is 0.453 e. The van der Waals surface area contributed by atoms with E-state index >= 15 is 8.78 Å². The Morgan fingerprint density at radius 2 is 1.92 bits per heavy atom. The first-order chi connectivity index (χ1) is 17.2. The zero-order chi connectivity index (χ0) is 25.2. The number of rotatable bonds is 4. The maximum Gasteiger partial charge on any atom is 0.407 e. The molecule has 0 radical (unpaired) electrons. The number of amides is 2. The molecule has 1 saturated carbocycles. The molecule has 3 aliphatic rings. The SMILES string of the molecule is COC(=O)NCC(=O)N1CC2(CC2)C[C@H]1c1ncc(-c2ccc3c(c2)C(F)(F)c2cc(Br)ccc2-3)[nH]1. The molecule has 1 aliphatic heterocycles. The van der Waals surface area contributed by atoms with Gasteiger partial charge in [0, 0.05) is 27.7 Å². The fourth-order valence-corrected chi connectivity index (χ4v) is 5.80. The van der Waals surface area contributed by atoms with Crippen molar-refractivity contribution in [3.05, 3.63) is 64.0 Å². The number of hydrogen-bond donors (Lipinski definition) is 2. The molecule has 2 N–H and O–H groups in total. The van der Waals surface area contributed by atoms with Crippen molar-refractivity contribution >= 4 is 27.9 Å². The lowest BCUT2D eigenvalue weighted by Gasteiger charge is -2.23. The third-order valence-electron chi connectivity index (χ3n) is 7.55. The van der Waals surface area contributed by atoms with Crippen LogP contribution in [0.4, 0.5) is 13.6 Å². The van der Waals surface area contributed by atoms with E-state index in [4.69, 9.17) is 0 Å². The van der Waals surface area contributed by atoms with Crippen LogP contribution in [0, 0.1) is 5.41 Å². The van der Waals surface area contributed by atoms with Gasteiger partial charge in [-0.15, -0.1) is 0 Å². The van der Waals surface area contributed by atoms with Gasteiger partial charge in [-0.05, 0) is 54.0 Å². The Hall–Kier alpha value is -3.27. The summed E-state index contributed by atoms with van der Waals surface area (Å²) in [6.45, 7) is 0.442. The standard InChI is InChI=1S/C26H23BrF2N4O3/c1-36-24(35)31-12-22(34)33-13-25(6-7-25)10-21(33)23-30-11-20(32-23)14-2-4-16-17-5-3-15(27)9-19(17)26(28,29)18(16)8-14/h2-5,8-9,11,21H,6-7,10,12-13H2,1H3,(H,30,32)(H,31,35)/t21-/m0/s1. The first-order valence-electron chi connectivity index (χ1n) is 11.7.